The fourth-order valence-corrected chi connectivity index (χ4v) is 5.44. The van der Waals surface area contributed by atoms with Gasteiger partial charge in [-0.2, -0.15) is 0 Å². The first kappa shape index (κ1) is 25.7. The van der Waals surface area contributed by atoms with Gasteiger partial charge in [0.2, 0.25) is 0 Å². The predicted octanol–water partition coefficient (Wildman–Crippen LogP) is 5.74. The summed E-state index contributed by atoms with van der Waals surface area (Å²) >= 11 is 1.45. The SMILES string of the molecule is CCCc1cc(-c2nc(CC(=O)O)cs2)ccc1OCCCOc1ccc2c(c1)CC[C@H]2CC(=O)O. The fraction of sp³-hybridized carbons (Fsp3) is 0.393. The first-order valence-corrected chi connectivity index (χ1v) is 13.2. The molecule has 0 bridgehead atoms. The number of aliphatic carboxylic acids is 2. The molecular weight excluding hydrogens is 478 g/mol. The number of carboxylic acids is 2. The molecule has 0 saturated heterocycles. The van der Waals surface area contributed by atoms with Crippen molar-refractivity contribution in [1.29, 1.82) is 0 Å². The highest BCUT2D eigenvalue weighted by Gasteiger charge is 2.24. The summed E-state index contributed by atoms with van der Waals surface area (Å²) in [6.45, 7) is 3.19. The molecule has 36 heavy (non-hydrogen) atoms. The van der Waals surface area contributed by atoms with Gasteiger partial charge < -0.3 is 19.7 Å². The van der Waals surface area contributed by atoms with Gasteiger partial charge in [-0.15, -0.1) is 11.3 Å². The van der Waals surface area contributed by atoms with Crippen molar-refractivity contribution in [1.82, 2.24) is 4.98 Å². The Morgan fingerprint density at radius 2 is 1.92 bits per heavy atom. The largest absolute Gasteiger partial charge is 0.493 e. The van der Waals surface area contributed by atoms with Crippen LogP contribution in [0, 0.1) is 0 Å². The van der Waals surface area contributed by atoms with Gasteiger partial charge >= 0.3 is 11.9 Å². The fourth-order valence-electron chi connectivity index (χ4n) is 4.62. The maximum absolute atomic E-state index is 11.1. The number of rotatable bonds is 13. The second-order valence-electron chi connectivity index (χ2n) is 9.03. The number of thiazole rings is 1. The van der Waals surface area contributed by atoms with Crippen molar-refractivity contribution in [3.8, 4) is 22.1 Å². The van der Waals surface area contributed by atoms with Crippen LogP contribution in [0.4, 0.5) is 0 Å². The number of benzene rings is 2. The molecule has 8 heteroatoms. The molecule has 0 spiro atoms. The molecule has 1 aromatic heterocycles. The first-order valence-electron chi connectivity index (χ1n) is 12.3. The van der Waals surface area contributed by atoms with Crippen LogP contribution >= 0.6 is 11.3 Å². The third-order valence-corrected chi connectivity index (χ3v) is 7.20. The Morgan fingerprint density at radius 3 is 2.69 bits per heavy atom. The summed E-state index contributed by atoms with van der Waals surface area (Å²) in [5.41, 5.74) is 4.98. The molecule has 1 atom stereocenters. The van der Waals surface area contributed by atoms with Crippen molar-refractivity contribution in [2.24, 2.45) is 0 Å². The molecule has 2 N–H and O–H groups in total. The van der Waals surface area contributed by atoms with E-state index in [0.717, 1.165) is 65.3 Å². The Morgan fingerprint density at radius 1 is 1.08 bits per heavy atom. The average Bonchev–Trinajstić information content (AvgIpc) is 3.46. The van der Waals surface area contributed by atoms with Gasteiger partial charge in [0.1, 0.15) is 16.5 Å². The van der Waals surface area contributed by atoms with Gasteiger partial charge in [0.25, 0.3) is 0 Å². The molecule has 0 saturated carbocycles. The molecule has 190 valence electrons. The summed E-state index contributed by atoms with van der Waals surface area (Å²) < 4.78 is 12.0. The topological polar surface area (TPSA) is 106 Å². The monoisotopic (exact) mass is 509 g/mol. The summed E-state index contributed by atoms with van der Waals surface area (Å²) in [6.07, 6.45) is 4.48. The molecule has 1 heterocycles. The van der Waals surface area contributed by atoms with Crippen LogP contribution in [0.1, 0.15) is 60.9 Å². The van der Waals surface area contributed by atoms with Crippen molar-refractivity contribution in [2.45, 2.75) is 57.8 Å². The number of aryl methyl sites for hydroxylation is 2. The zero-order chi connectivity index (χ0) is 25.5. The number of nitrogens with zero attached hydrogens (tertiary/aromatic N) is 1. The van der Waals surface area contributed by atoms with Crippen molar-refractivity contribution < 1.29 is 29.3 Å². The second-order valence-corrected chi connectivity index (χ2v) is 9.89. The van der Waals surface area contributed by atoms with Crippen LogP contribution < -0.4 is 9.47 Å². The Kier molecular flexibility index (Phi) is 8.59. The highest BCUT2D eigenvalue weighted by atomic mass is 32.1. The van der Waals surface area contributed by atoms with E-state index in [1.807, 2.05) is 30.3 Å². The Labute approximate surface area is 214 Å². The summed E-state index contributed by atoms with van der Waals surface area (Å²) in [7, 11) is 0. The number of carbonyl (C=O) groups is 2. The van der Waals surface area contributed by atoms with Crippen molar-refractivity contribution in [2.75, 3.05) is 13.2 Å². The van der Waals surface area contributed by atoms with Crippen LogP contribution in [-0.4, -0.2) is 40.3 Å². The van der Waals surface area contributed by atoms with Gasteiger partial charge in [0, 0.05) is 17.4 Å². The Balaban J connectivity index is 1.29. The summed E-state index contributed by atoms with van der Waals surface area (Å²) in [4.78, 5) is 26.4. The molecule has 4 rings (SSSR count). The number of carboxylic acid groups (broad SMARTS) is 2. The molecule has 0 fully saturated rings. The van der Waals surface area contributed by atoms with E-state index in [1.165, 1.54) is 16.9 Å². The van der Waals surface area contributed by atoms with Gasteiger partial charge in [-0.05, 0) is 72.2 Å². The lowest BCUT2D eigenvalue weighted by atomic mass is 9.98. The number of aromatic nitrogens is 1. The van der Waals surface area contributed by atoms with Crippen LogP contribution in [0.3, 0.4) is 0 Å². The van der Waals surface area contributed by atoms with Crippen molar-refractivity contribution in [3.05, 3.63) is 64.2 Å². The van der Waals surface area contributed by atoms with Gasteiger partial charge in [-0.25, -0.2) is 4.98 Å². The predicted molar refractivity (Wildman–Crippen MR) is 138 cm³/mol. The van der Waals surface area contributed by atoms with Gasteiger partial charge in [-0.3, -0.25) is 9.59 Å². The van der Waals surface area contributed by atoms with E-state index in [4.69, 9.17) is 19.7 Å². The summed E-state index contributed by atoms with van der Waals surface area (Å²) in [5, 5.41) is 20.7. The molecular formula is C28H31NO6S. The standard InChI is InChI=1S/C28H31NO6S/c1-2-4-20-13-21(28-29-22(17-36-28)16-27(32)33)7-10-25(20)35-12-3-11-34-23-8-9-24-18(14-23)5-6-19(24)15-26(30)31/h7-10,13-14,17,19H,2-6,11-12,15-16H2,1H3,(H,30,31)(H,32,33)/t19-/m0/s1. The molecule has 1 aliphatic rings. The molecule has 0 unspecified atom stereocenters. The molecule has 1 aliphatic carbocycles. The third-order valence-electron chi connectivity index (χ3n) is 6.26. The van der Waals surface area contributed by atoms with Crippen LogP contribution in [0.5, 0.6) is 11.5 Å². The first-order chi connectivity index (χ1) is 17.4. The van der Waals surface area contributed by atoms with E-state index in [-0.39, 0.29) is 18.8 Å². The highest BCUT2D eigenvalue weighted by Crippen LogP contribution is 2.37. The number of ether oxygens (including phenoxy) is 2. The van der Waals surface area contributed by atoms with Gasteiger partial charge in [0.05, 0.1) is 31.7 Å². The zero-order valence-electron chi connectivity index (χ0n) is 20.4. The van der Waals surface area contributed by atoms with E-state index >= 15 is 0 Å². The van der Waals surface area contributed by atoms with Crippen LogP contribution in [-0.2, 0) is 28.9 Å². The van der Waals surface area contributed by atoms with E-state index in [1.54, 1.807) is 5.38 Å². The summed E-state index contributed by atoms with van der Waals surface area (Å²) in [6, 6.07) is 12.0. The molecule has 0 amide bonds. The van der Waals surface area contributed by atoms with Crippen LogP contribution in [0.15, 0.2) is 41.8 Å². The Bertz CT molecular complexity index is 1220. The third kappa shape index (κ3) is 6.63. The molecule has 2 aromatic carbocycles. The van der Waals surface area contributed by atoms with E-state index in [2.05, 4.69) is 18.0 Å². The Hall–Kier alpha value is -3.39. The van der Waals surface area contributed by atoms with Crippen molar-refractivity contribution >= 4 is 23.3 Å². The molecule has 0 radical (unpaired) electrons. The minimum atomic E-state index is -0.883. The normalized spacial score (nSPS) is 14.4. The lowest BCUT2D eigenvalue weighted by Gasteiger charge is -2.13. The zero-order valence-corrected chi connectivity index (χ0v) is 21.2. The number of fused-ring (bicyclic) bond motifs is 1. The van der Waals surface area contributed by atoms with Crippen molar-refractivity contribution in [3.63, 3.8) is 0 Å². The molecule has 0 aliphatic heterocycles. The van der Waals surface area contributed by atoms with Gasteiger partial charge in [0.15, 0.2) is 0 Å². The average molecular weight is 510 g/mol. The minimum absolute atomic E-state index is 0.0712. The number of hydrogen-bond donors (Lipinski definition) is 2. The van der Waals surface area contributed by atoms with Gasteiger partial charge in [-0.1, -0.05) is 19.4 Å². The molecule has 3 aromatic rings. The maximum atomic E-state index is 11.1. The summed E-state index contributed by atoms with van der Waals surface area (Å²) in [5.74, 6) is 0.132. The molecule has 7 nitrogen and oxygen atoms in total. The van der Waals surface area contributed by atoms with E-state index in [0.29, 0.717) is 18.9 Å². The quantitative estimate of drug-likeness (QED) is 0.283. The highest BCUT2D eigenvalue weighted by molar-refractivity contribution is 7.13. The van der Waals surface area contributed by atoms with Crippen LogP contribution in [0.25, 0.3) is 10.6 Å². The van der Waals surface area contributed by atoms with E-state index in [9.17, 15) is 9.59 Å². The minimum Gasteiger partial charge on any atom is -0.493 e. The lowest BCUT2D eigenvalue weighted by Crippen LogP contribution is -2.07. The second kappa shape index (κ2) is 12.0. The van der Waals surface area contributed by atoms with E-state index < -0.39 is 11.9 Å². The van der Waals surface area contributed by atoms with Crippen LogP contribution in [0.2, 0.25) is 0 Å². The number of hydrogen-bond acceptors (Lipinski definition) is 6. The maximum Gasteiger partial charge on any atom is 0.309 e. The smallest absolute Gasteiger partial charge is 0.309 e. The lowest BCUT2D eigenvalue weighted by molar-refractivity contribution is -0.138.